The number of carbonyl (C=O) groups is 1. The lowest BCUT2D eigenvalue weighted by molar-refractivity contribution is 0.0603. The summed E-state index contributed by atoms with van der Waals surface area (Å²) < 4.78 is 32.9. The van der Waals surface area contributed by atoms with Crippen LogP contribution in [0, 0.1) is 6.92 Å². The van der Waals surface area contributed by atoms with Crippen LogP contribution >= 0.6 is 35.2 Å². The Bertz CT molecular complexity index is 1540. The Labute approximate surface area is 229 Å². The molecule has 0 spiro atoms. The Morgan fingerprint density at radius 3 is 2.16 bits per heavy atom. The third-order valence-electron chi connectivity index (χ3n) is 5.28. The van der Waals surface area contributed by atoms with Crippen LogP contribution in [0.5, 0.6) is 0 Å². The van der Waals surface area contributed by atoms with Gasteiger partial charge in [0.15, 0.2) is 5.11 Å². The summed E-state index contributed by atoms with van der Waals surface area (Å²) in [4.78, 5) is 13.7. The Balaban J connectivity index is 1.50. The summed E-state index contributed by atoms with van der Waals surface area (Å²) in [6.45, 7) is 1.93. The van der Waals surface area contributed by atoms with E-state index >= 15 is 0 Å². The first-order valence-corrected chi connectivity index (χ1v) is 14.0. The van der Waals surface area contributed by atoms with E-state index in [4.69, 9.17) is 28.6 Å². The van der Waals surface area contributed by atoms with Gasteiger partial charge in [-0.2, -0.15) is 0 Å². The first-order chi connectivity index (χ1) is 17.7. The van der Waals surface area contributed by atoms with E-state index in [0.29, 0.717) is 27.0 Å². The molecule has 0 radical (unpaired) electrons. The third kappa shape index (κ3) is 6.28. The molecule has 0 aliphatic heterocycles. The highest BCUT2D eigenvalue weighted by Crippen LogP contribution is 2.40. The maximum atomic E-state index is 12.7. The normalized spacial score (nSPS) is 11.0. The number of carbonyl (C=O) groups excluding carboxylic acids is 1. The van der Waals surface area contributed by atoms with Gasteiger partial charge in [-0.25, -0.2) is 13.2 Å². The minimum atomic E-state index is -3.79. The zero-order valence-corrected chi connectivity index (χ0v) is 22.9. The van der Waals surface area contributed by atoms with E-state index in [0.717, 1.165) is 16.0 Å². The molecule has 4 rings (SSSR count). The van der Waals surface area contributed by atoms with E-state index in [9.17, 15) is 13.2 Å². The number of methoxy groups -OCH3 is 1. The number of thiophene rings is 1. The van der Waals surface area contributed by atoms with E-state index in [1.54, 1.807) is 36.4 Å². The molecule has 7 nitrogen and oxygen atoms in total. The number of halogens is 1. The molecule has 0 unspecified atom stereocenters. The molecule has 1 aromatic heterocycles. The van der Waals surface area contributed by atoms with Crippen LogP contribution in [0.3, 0.4) is 0 Å². The number of hydrogen-bond acceptors (Lipinski definition) is 6. The van der Waals surface area contributed by atoms with Crippen LogP contribution in [-0.2, 0) is 14.8 Å². The number of ether oxygens (including phenoxy) is 1. The van der Waals surface area contributed by atoms with Crippen LogP contribution in [0.25, 0.3) is 11.1 Å². The largest absolute Gasteiger partial charge is 0.465 e. The van der Waals surface area contributed by atoms with E-state index < -0.39 is 16.0 Å². The van der Waals surface area contributed by atoms with Crippen LogP contribution in [0.4, 0.5) is 16.4 Å². The fourth-order valence-corrected chi connectivity index (χ4v) is 6.13. The summed E-state index contributed by atoms with van der Waals surface area (Å²) in [5.74, 6) is -0.476. The predicted molar refractivity (Wildman–Crippen MR) is 154 cm³/mol. The fraction of sp³-hybridized carbons (Fsp3) is 0.0769. The van der Waals surface area contributed by atoms with Crippen LogP contribution in [0.1, 0.15) is 15.2 Å². The molecule has 3 aromatic carbocycles. The molecule has 0 fully saturated rings. The van der Waals surface area contributed by atoms with Gasteiger partial charge in [0.25, 0.3) is 10.0 Å². The lowest BCUT2D eigenvalue weighted by atomic mass is 10.0. The van der Waals surface area contributed by atoms with Crippen LogP contribution in [0.15, 0.2) is 83.8 Å². The number of thiocarbonyl (C=S) groups is 1. The van der Waals surface area contributed by atoms with Crippen molar-refractivity contribution in [2.45, 2.75) is 11.8 Å². The van der Waals surface area contributed by atoms with Crippen molar-refractivity contribution in [1.82, 2.24) is 0 Å². The number of anilines is 3. The van der Waals surface area contributed by atoms with Gasteiger partial charge in [0, 0.05) is 26.8 Å². The second-order valence-electron chi connectivity index (χ2n) is 7.81. The van der Waals surface area contributed by atoms with Gasteiger partial charge < -0.3 is 15.4 Å². The van der Waals surface area contributed by atoms with E-state index in [1.807, 2.05) is 37.3 Å². The Morgan fingerprint density at radius 2 is 1.54 bits per heavy atom. The topological polar surface area (TPSA) is 96.5 Å². The van der Waals surface area contributed by atoms with Crippen molar-refractivity contribution >= 4 is 72.6 Å². The Kier molecular flexibility index (Phi) is 8.13. The SMILES string of the molecule is COC(=O)c1c(NC(=S)Nc2ccc(S(=O)(=O)Nc3ccc(Cl)cc3)cc2)sc(C)c1-c1ccccc1. The van der Waals surface area contributed by atoms with Gasteiger partial charge in [0.2, 0.25) is 0 Å². The Morgan fingerprint density at radius 1 is 0.919 bits per heavy atom. The van der Waals surface area contributed by atoms with Crippen molar-refractivity contribution in [3.8, 4) is 11.1 Å². The van der Waals surface area contributed by atoms with Gasteiger partial charge in [0.05, 0.1) is 12.0 Å². The van der Waals surface area contributed by atoms with Crippen molar-refractivity contribution in [3.63, 3.8) is 0 Å². The highest BCUT2D eigenvalue weighted by molar-refractivity contribution is 7.92. The molecule has 0 bridgehead atoms. The first-order valence-electron chi connectivity index (χ1n) is 10.9. The lowest BCUT2D eigenvalue weighted by Gasteiger charge is -2.12. The molecule has 0 aliphatic carbocycles. The standard InChI is InChI=1S/C26H22ClN3O4S3/c1-16-22(17-6-4-3-5-7-17)23(25(31)34-2)24(36-16)29-26(35)28-19-12-14-21(15-13-19)37(32,33)30-20-10-8-18(27)9-11-20/h3-15,30H,1-2H3,(H2,28,29,35). The fourth-order valence-electron chi connectivity index (χ4n) is 3.60. The molecule has 4 aromatic rings. The van der Waals surface area contributed by atoms with Gasteiger partial charge in [-0.15, -0.1) is 11.3 Å². The van der Waals surface area contributed by atoms with E-state index in [1.165, 1.54) is 30.6 Å². The summed E-state index contributed by atoms with van der Waals surface area (Å²) in [5.41, 5.74) is 3.05. The molecule has 190 valence electrons. The predicted octanol–water partition coefficient (Wildman–Crippen LogP) is 6.77. The molecule has 0 amide bonds. The average molecular weight is 572 g/mol. The van der Waals surface area contributed by atoms with Gasteiger partial charge >= 0.3 is 5.97 Å². The van der Waals surface area contributed by atoms with Gasteiger partial charge in [-0.3, -0.25) is 4.72 Å². The summed E-state index contributed by atoms with van der Waals surface area (Å²) in [7, 11) is -2.45. The minimum absolute atomic E-state index is 0.0845. The number of aryl methyl sites for hydroxylation is 1. The molecular formula is C26H22ClN3O4S3. The first kappa shape index (κ1) is 26.6. The third-order valence-corrected chi connectivity index (χ3v) is 8.16. The number of rotatable bonds is 7. The summed E-state index contributed by atoms with van der Waals surface area (Å²) in [6, 6.07) is 22.1. The maximum Gasteiger partial charge on any atom is 0.341 e. The van der Waals surface area contributed by atoms with Gasteiger partial charge in [-0.1, -0.05) is 41.9 Å². The quantitative estimate of drug-likeness (QED) is 0.166. The number of esters is 1. The van der Waals surface area contributed by atoms with E-state index in [-0.39, 0.29) is 10.0 Å². The van der Waals surface area contributed by atoms with Crippen LogP contribution in [-0.4, -0.2) is 26.6 Å². The summed E-state index contributed by atoms with van der Waals surface area (Å²) in [6.07, 6.45) is 0. The van der Waals surface area contributed by atoms with Gasteiger partial charge in [-0.05, 0) is 73.2 Å². The second kappa shape index (κ2) is 11.3. The van der Waals surface area contributed by atoms with Crippen molar-refractivity contribution in [2.24, 2.45) is 0 Å². The maximum absolute atomic E-state index is 12.7. The molecule has 0 aliphatic rings. The lowest BCUT2D eigenvalue weighted by Crippen LogP contribution is -2.20. The molecule has 3 N–H and O–H groups in total. The molecule has 0 saturated heterocycles. The number of hydrogen-bond donors (Lipinski definition) is 3. The summed E-state index contributed by atoms with van der Waals surface area (Å²) >= 11 is 12.7. The van der Waals surface area contributed by atoms with Crippen molar-refractivity contribution in [3.05, 3.63) is 94.3 Å². The Hall–Kier alpha value is -3.44. The van der Waals surface area contributed by atoms with Crippen LogP contribution < -0.4 is 15.4 Å². The molecule has 37 heavy (non-hydrogen) atoms. The highest BCUT2D eigenvalue weighted by Gasteiger charge is 2.24. The smallest absolute Gasteiger partial charge is 0.341 e. The number of benzene rings is 3. The zero-order valence-electron chi connectivity index (χ0n) is 19.7. The van der Waals surface area contributed by atoms with Gasteiger partial charge in [0.1, 0.15) is 10.6 Å². The van der Waals surface area contributed by atoms with E-state index in [2.05, 4.69) is 15.4 Å². The average Bonchev–Trinajstić information content (AvgIpc) is 3.20. The number of sulfonamides is 1. The van der Waals surface area contributed by atoms with Crippen molar-refractivity contribution in [2.75, 3.05) is 22.5 Å². The molecule has 1 heterocycles. The molecule has 11 heteroatoms. The molecule has 0 saturated carbocycles. The second-order valence-corrected chi connectivity index (χ2v) is 11.6. The summed E-state index contributed by atoms with van der Waals surface area (Å²) in [5, 5.41) is 7.40. The molecule has 0 atom stereocenters. The number of nitrogens with one attached hydrogen (secondary N) is 3. The van der Waals surface area contributed by atoms with Crippen molar-refractivity contribution < 1.29 is 17.9 Å². The monoisotopic (exact) mass is 571 g/mol. The highest BCUT2D eigenvalue weighted by atomic mass is 35.5. The molecular weight excluding hydrogens is 550 g/mol. The van der Waals surface area contributed by atoms with Crippen molar-refractivity contribution in [1.29, 1.82) is 0 Å². The zero-order chi connectivity index (χ0) is 26.6. The minimum Gasteiger partial charge on any atom is -0.465 e. The van der Waals surface area contributed by atoms with Crippen LogP contribution in [0.2, 0.25) is 5.02 Å².